The zero-order valence-electron chi connectivity index (χ0n) is 14.9. The van der Waals surface area contributed by atoms with Gasteiger partial charge in [-0.1, -0.05) is 35.9 Å². The number of aryl methyl sites for hydroxylation is 1. The molecule has 0 fully saturated rings. The van der Waals surface area contributed by atoms with Gasteiger partial charge in [0.2, 0.25) is 0 Å². The zero-order valence-corrected chi connectivity index (χ0v) is 14.9. The van der Waals surface area contributed by atoms with Crippen molar-refractivity contribution < 1.29 is 4.79 Å². The predicted octanol–water partition coefficient (Wildman–Crippen LogP) is 2.97. The number of nitrogens with zero attached hydrogens (tertiary/aromatic N) is 3. The fourth-order valence-electron chi connectivity index (χ4n) is 2.59. The molecule has 132 valence electrons. The molecule has 0 bridgehead atoms. The topological polar surface area (TPSA) is 79.0 Å². The van der Waals surface area contributed by atoms with Crippen LogP contribution in [0, 0.1) is 6.92 Å². The molecule has 1 aromatic carbocycles. The van der Waals surface area contributed by atoms with E-state index in [1.54, 1.807) is 13.2 Å². The Kier molecular flexibility index (Phi) is 4.93. The van der Waals surface area contributed by atoms with Crippen molar-refractivity contribution >= 4 is 5.91 Å². The lowest BCUT2D eigenvalue weighted by Crippen LogP contribution is -2.34. The monoisotopic (exact) mass is 348 g/mol. The molecule has 0 saturated heterocycles. The molecule has 0 aliphatic heterocycles. The van der Waals surface area contributed by atoms with Crippen LogP contribution < -0.4 is 5.56 Å². The molecular formula is C20H20N4O2. The van der Waals surface area contributed by atoms with Crippen LogP contribution in [0.25, 0.3) is 11.4 Å². The first-order chi connectivity index (χ1) is 12.5. The van der Waals surface area contributed by atoms with Crippen molar-refractivity contribution in [3.05, 3.63) is 82.0 Å². The van der Waals surface area contributed by atoms with Gasteiger partial charge in [-0.3, -0.25) is 14.6 Å². The number of hydrogen-bond donors (Lipinski definition) is 1. The Bertz CT molecular complexity index is 965. The van der Waals surface area contributed by atoms with Crippen molar-refractivity contribution in [1.29, 1.82) is 0 Å². The number of aromatic amines is 1. The van der Waals surface area contributed by atoms with Gasteiger partial charge < -0.3 is 9.88 Å². The number of carbonyl (C=O) groups excluding carboxylic acids is 1. The van der Waals surface area contributed by atoms with Gasteiger partial charge in [0.05, 0.1) is 11.7 Å². The van der Waals surface area contributed by atoms with E-state index >= 15 is 0 Å². The molecule has 0 saturated carbocycles. The summed E-state index contributed by atoms with van der Waals surface area (Å²) in [7, 11) is 1.65. The molecular weight excluding hydrogens is 328 g/mol. The van der Waals surface area contributed by atoms with Gasteiger partial charge in [0.15, 0.2) is 0 Å². The molecule has 1 N–H and O–H groups in total. The molecule has 0 aliphatic rings. The maximum atomic E-state index is 12.7. The molecule has 3 aromatic rings. The maximum absolute atomic E-state index is 12.7. The van der Waals surface area contributed by atoms with Crippen LogP contribution in [-0.4, -0.2) is 32.8 Å². The van der Waals surface area contributed by atoms with Crippen LogP contribution >= 0.6 is 0 Å². The summed E-state index contributed by atoms with van der Waals surface area (Å²) in [6, 6.07) is 12.9. The van der Waals surface area contributed by atoms with Gasteiger partial charge in [-0.15, -0.1) is 0 Å². The van der Waals surface area contributed by atoms with Crippen LogP contribution in [-0.2, 0) is 0 Å². The van der Waals surface area contributed by atoms with Gasteiger partial charge in [0.1, 0.15) is 11.4 Å². The van der Waals surface area contributed by atoms with Gasteiger partial charge in [-0.25, -0.2) is 4.98 Å². The first-order valence-corrected chi connectivity index (χ1v) is 8.32. The third-order valence-corrected chi connectivity index (χ3v) is 4.37. The first-order valence-electron chi connectivity index (χ1n) is 8.32. The van der Waals surface area contributed by atoms with Gasteiger partial charge in [-0.2, -0.15) is 0 Å². The van der Waals surface area contributed by atoms with Crippen LogP contribution in [0.5, 0.6) is 0 Å². The van der Waals surface area contributed by atoms with E-state index < -0.39 is 11.5 Å². The average Bonchev–Trinajstić information content (AvgIpc) is 2.67. The van der Waals surface area contributed by atoms with E-state index in [-0.39, 0.29) is 11.6 Å². The van der Waals surface area contributed by atoms with Crippen molar-refractivity contribution in [2.75, 3.05) is 7.05 Å². The highest BCUT2D eigenvalue weighted by atomic mass is 16.2. The van der Waals surface area contributed by atoms with E-state index in [0.717, 1.165) is 16.8 Å². The lowest BCUT2D eigenvalue weighted by molar-refractivity contribution is 0.0737. The molecule has 2 heterocycles. The molecule has 0 unspecified atom stereocenters. The number of carbonyl (C=O) groups is 1. The van der Waals surface area contributed by atoms with Crippen LogP contribution in [0.15, 0.2) is 59.7 Å². The lowest BCUT2D eigenvalue weighted by atomic mass is 10.1. The molecule has 26 heavy (non-hydrogen) atoms. The molecule has 0 radical (unpaired) electrons. The Morgan fingerprint density at radius 2 is 1.85 bits per heavy atom. The van der Waals surface area contributed by atoms with Crippen LogP contribution in [0.1, 0.15) is 34.6 Å². The number of amides is 1. The maximum Gasteiger partial charge on any atom is 0.264 e. The number of H-pyrrole nitrogens is 1. The van der Waals surface area contributed by atoms with Crippen molar-refractivity contribution in [2.45, 2.75) is 19.9 Å². The second kappa shape index (κ2) is 7.31. The van der Waals surface area contributed by atoms with Crippen molar-refractivity contribution in [3.63, 3.8) is 0 Å². The summed E-state index contributed by atoms with van der Waals surface area (Å²) >= 11 is 0. The Hall–Kier alpha value is -3.28. The fourth-order valence-corrected chi connectivity index (χ4v) is 2.59. The summed E-state index contributed by atoms with van der Waals surface area (Å²) in [6.45, 7) is 3.85. The average molecular weight is 348 g/mol. The van der Waals surface area contributed by atoms with Crippen LogP contribution in [0.3, 0.4) is 0 Å². The smallest absolute Gasteiger partial charge is 0.264 e. The van der Waals surface area contributed by atoms with Crippen molar-refractivity contribution in [3.8, 4) is 11.4 Å². The lowest BCUT2D eigenvalue weighted by Gasteiger charge is -2.24. The summed E-state index contributed by atoms with van der Waals surface area (Å²) in [6.07, 6.45) is 3.01. The second-order valence-corrected chi connectivity index (χ2v) is 6.19. The Morgan fingerprint density at radius 3 is 2.46 bits per heavy atom. The van der Waals surface area contributed by atoms with Gasteiger partial charge in [-0.05, 0) is 26.0 Å². The summed E-state index contributed by atoms with van der Waals surface area (Å²) in [5.74, 6) is 0.0411. The third kappa shape index (κ3) is 3.54. The van der Waals surface area contributed by atoms with Crippen LogP contribution in [0.4, 0.5) is 0 Å². The zero-order chi connectivity index (χ0) is 18.7. The number of benzene rings is 1. The summed E-state index contributed by atoms with van der Waals surface area (Å²) in [5.41, 5.74) is 2.21. The minimum absolute atomic E-state index is 0.00569. The second-order valence-electron chi connectivity index (χ2n) is 6.19. The minimum Gasteiger partial charge on any atom is -0.333 e. The molecule has 0 aliphatic carbocycles. The number of pyridine rings is 1. The summed E-state index contributed by atoms with van der Waals surface area (Å²) < 4.78 is 0. The fraction of sp³-hybridized carbons (Fsp3) is 0.200. The van der Waals surface area contributed by atoms with E-state index in [2.05, 4.69) is 15.0 Å². The van der Waals surface area contributed by atoms with Gasteiger partial charge in [0, 0.05) is 25.0 Å². The van der Waals surface area contributed by atoms with E-state index in [1.807, 2.05) is 56.3 Å². The van der Waals surface area contributed by atoms with Crippen LogP contribution in [0.2, 0.25) is 0 Å². The number of hydrogen-bond acceptors (Lipinski definition) is 4. The van der Waals surface area contributed by atoms with E-state index in [0.29, 0.717) is 5.82 Å². The van der Waals surface area contributed by atoms with E-state index in [9.17, 15) is 9.59 Å². The molecule has 6 nitrogen and oxygen atoms in total. The standard InChI is InChI=1S/C20H20N4O2/c1-13-7-9-15(10-8-13)18-22-12-16(19(25)23-18)20(26)24(3)14(2)17-6-4-5-11-21-17/h4-12,14H,1-3H3,(H,22,23,25)/t14-/m0/s1. The number of rotatable bonds is 4. The first kappa shape index (κ1) is 17.5. The molecule has 2 aromatic heterocycles. The minimum atomic E-state index is -0.458. The highest BCUT2D eigenvalue weighted by molar-refractivity contribution is 5.93. The van der Waals surface area contributed by atoms with E-state index in [1.165, 1.54) is 11.1 Å². The molecule has 3 rings (SSSR count). The Morgan fingerprint density at radius 1 is 1.12 bits per heavy atom. The van der Waals surface area contributed by atoms with Gasteiger partial charge >= 0.3 is 0 Å². The molecule has 1 atom stereocenters. The summed E-state index contributed by atoms with van der Waals surface area (Å²) in [5, 5.41) is 0. The highest BCUT2D eigenvalue weighted by Gasteiger charge is 2.22. The number of nitrogens with one attached hydrogen (secondary N) is 1. The number of aromatic nitrogens is 3. The Labute approximate surface area is 151 Å². The predicted molar refractivity (Wildman–Crippen MR) is 99.8 cm³/mol. The third-order valence-electron chi connectivity index (χ3n) is 4.37. The van der Waals surface area contributed by atoms with E-state index in [4.69, 9.17) is 0 Å². The molecule has 0 spiro atoms. The van der Waals surface area contributed by atoms with Gasteiger partial charge in [0.25, 0.3) is 11.5 Å². The molecule has 6 heteroatoms. The van der Waals surface area contributed by atoms with Crippen molar-refractivity contribution in [2.24, 2.45) is 0 Å². The Balaban J connectivity index is 1.86. The highest BCUT2D eigenvalue weighted by Crippen LogP contribution is 2.18. The summed E-state index contributed by atoms with van der Waals surface area (Å²) in [4.78, 5) is 37.8. The van der Waals surface area contributed by atoms with Crippen molar-refractivity contribution in [1.82, 2.24) is 19.9 Å². The molecule has 1 amide bonds. The largest absolute Gasteiger partial charge is 0.333 e. The normalized spacial score (nSPS) is 11.8. The SMILES string of the molecule is Cc1ccc(-c2ncc(C(=O)N(C)[C@@H](C)c3ccccn3)c(=O)[nH]2)cc1. The quantitative estimate of drug-likeness (QED) is 0.786.